The number of carbonyl (C=O) groups excluding carboxylic acids is 2. The van der Waals surface area contributed by atoms with E-state index in [1.165, 1.54) is 46.8 Å². The van der Waals surface area contributed by atoms with E-state index < -0.39 is 15.9 Å². The molecule has 4 aromatic rings. The van der Waals surface area contributed by atoms with Crippen molar-refractivity contribution in [1.82, 2.24) is 4.98 Å². The first-order chi connectivity index (χ1) is 16.8. The minimum atomic E-state index is -3.75. The fourth-order valence-corrected chi connectivity index (χ4v) is 6.52. The van der Waals surface area contributed by atoms with Crippen LogP contribution in [0.15, 0.2) is 71.6 Å². The molecular weight excluding hydrogens is 484 g/mol. The minimum absolute atomic E-state index is 0.135. The van der Waals surface area contributed by atoms with Gasteiger partial charge in [0, 0.05) is 24.7 Å². The van der Waals surface area contributed by atoms with Gasteiger partial charge < -0.3 is 5.32 Å². The predicted molar refractivity (Wildman–Crippen MR) is 138 cm³/mol. The highest BCUT2D eigenvalue weighted by molar-refractivity contribution is 7.92. The summed E-state index contributed by atoms with van der Waals surface area (Å²) >= 11 is 1.28. The molecule has 0 unspecified atom stereocenters. The van der Waals surface area contributed by atoms with E-state index in [4.69, 9.17) is 0 Å². The second kappa shape index (κ2) is 9.12. The second-order valence-electron chi connectivity index (χ2n) is 8.17. The first-order valence-corrected chi connectivity index (χ1v) is 13.3. The van der Waals surface area contributed by atoms with Crippen LogP contribution in [0, 0.1) is 0 Å². The number of nitrogens with zero attached hydrogens (tertiary/aromatic N) is 2. The summed E-state index contributed by atoms with van der Waals surface area (Å²) in [4.78, 5) is 28.6. The van der Waals surface area contributed by atoms with Crippen molar-refractivity contribution in [2.45, 2.75) is 24.7 Å². The molecule has 0 bridgehead atoms. The van der Waals surface area contributed by atoms with E-state index in [0.717, 1.165) is 23.1 Å². The number of anilines is 3. The monoisotopic (exact) mass is 506 g/mol. The van der Waals surface area contributed by atoms with Crippen molar-refractivity contribution < 1.29 is 18.0 Å². The maximum Gasteiger partial charge on any atom is 0.264 e. The largest absolute Gasteiger partial charge is 0.326 e. The zero-order valence-electron chi connectivity index (χ0n) is 18.8. The lowest BCUT2D eigenvalue weighted by atomic mass is 10.0. The number of nitrogens with one attached hydrogen (secondary N) is 2. The molecule has 10 heteroatoms. The lowest BCUT2D eigenvalue weighted by Crippen LogP contribution is -2.35. The molecule has 8 nitrogen and oxygen atoms in total. The minimum Gasteiger partial charge on any atom is -0.326 e. The highest BCUT2D eigenvalue weighted by atomic mass is 32.2. The molecule has 1 aromatic heterocycles. The van der Waals surface area contributed by atoms with E-state index in [9.17, 15) is 18.0 Å². The number of amides is 2. The number of sulfonamides is 1. The van der Waals surface area contributed by atoms with Crippen LogP contribution in [0.1, 0.15) is 29.3 Å². The van der Waals surface area contributed by atoms with Gasteiger partial charge in [-0.15, -0.1) is 0 Å². The van der Waals surface area contributed by atoms with Gasteiger partial charge in [0.25, 0.3) is 15.9 Å². The van der Waals surface area contributed by atoms with Crippen molar-refractivity contribution in [2.75, 3.05) is 21.5 Å². The Balaban J connectivity index is 1.33. The molecule has 1 aliphatic rings. The van der Waals surface area contributed by atoms with E-state index in [1.807, 2.05) is 24.3 Å². The lowest BCUT2D eigenvalue weighted by molar-refractivity contribution is -0.114. The molecule has 3 aromatic carbocycles. The number of carbonyl (C=O) groups is 2. The Morgan fingerprint density at radius 1 is 1.00 bits per heavy atom. The molecule has 2 heterocycles. The van der Waals surface area contributed by atoms with Crippen molar-refractivity contribution in [3.63, 3.8) is 0 Å². The third kappa shape index (κ3) is 4.62. The zero-order valence-corrected chi connectivity index (χ0v) is 20.4. The van der Waals surface area contributed by atoms with Crippen molar-refractivity contribution in [3.8, 4) is 0 Å². The van der Waals surface area contributed by atoms with Crippen LogP contribution in [-0.2, 0) is 21.2 Å². The molecule has 0 saturated heterocycles. The Kier molecular flexibility index (Phi) is 6.00. The molecule has 35 heavy (non-hydrogen) atoms. The number of thiazole rings is 1. The Bertz CT molecular complexity index is 1550. The molecule has 2 N–H and O–H groups in total. The maximum absolute atomic E-state index is 13.3. The first-order valence-electron chi connectivity index (χ1n) is 11.0. The third-order valence-electron chi connectivity index (χ3n) is 5.70. The molecule has 0 spiro atoms. The number of benzene rings is 3. The van der Waals surface area contributed by atoms with Crippen molar-refractivity contribution >= 4 is 59.9 Å². The summed E-state index contributed by atoms with van der Waals surface area (Å²) in [6, 6.07) is 18.7. The fourth-order valence-electron chi connectivity index (χ4n) is 4.08. The number of para-hydroxylation sites is 1. The van der Waals surface area contributed by atoms with Crippen LogP contribution >= 0.6 is 11.3 Å². The topological polar surface area (TPSA) is 108 Å². The number of aromatic nitrogens is 1. The van der Waals surface area contributed by atoms with E-state index in [2.05, 4.69) is 15.6 Å². The summed E-state index contributed by atoms with van der Waals surface area (Å²) in [5.74, 6) is -0.559. The van der Waals surface area contributed by atoms with Crippen LogP contribution in [0.25, 0.3) is 10.2 Å². The van der Waals surface area contributed by atoms with E-state index in [0.29, 0.717) is 34.1 Å². The molecular formula is C25H22N4O4S2. The third-order valence-corrected chi connectivity index (χ3v) is 8.46. The van der Waals surface area contributed by atoms with Crippen LogP contribution in [-0.4, -0.2) is 31.8 Å². The quantitative estimate of drug-likeness (QED) is 0.410. The van der Waals surface area contributed by atoms with Crippen LogP contribution in [0.4, 0.5) is 16.5 Å². The zero-order chi connectivity index (χ0) is 24.6. The summed E-state index contributed by atoms with van der Waals surface area (Å²) in [5.41, 5.74) is 3.39. The van der Waals surface area contributed by atoms with Gasteiger partial charge in [0.1, 0.15) is 0 Å². The van der Waals surface area contributed by atoms with Gasteiger partial charge in [0.2, 0.25) is 5.91 Å². The molecule has 2 amide bonds. The van der Waals surface area contributed by atoms with Gasteiger partial charge in [-0.25, -0.2) is 13.4 Å². The smallest absolute Gasteiger partial charge is 0.264 e. The number of rotatable bonds is 5. The summed E-state index contributed by atoms with van der Waals surface area (Å²) in [5, 5.41) is 5.89. The van der Waals surface area contributed by atoms with Gasteiger partial charge in [-0.1, -0.05) is 29.5 Å². The molecule has 1 aliphatic heterocycles. The Morgan fingerprint density at radius 2 is 1.77 bits per heavy atom. The lowest BCUT2D eigenvalue weighted by Gasteiger charge is -2.30. The second-order valence-corrected chi connectivity index (χ2v) is 11.1. The normalized spacial score (nSPS) is 13.3. The average molecular weight is 507 g/mol. The molecule has 0 aliphatic carbocycles. The molecule has 5 rings (SSSR count). The summed E-state index contributed by atoms with van der Waals surface area (Å²) < 4.78 is 28.9. The molecule has 0 atom stereocenters. The van der Waals surface area contributed by atoms with E-state index in [1.54, 1.807) is 18.2 Å². The standard InChI is InChI=1S/C25H22N4O4S2/c1-16(30)26-19-10-13-21-23(15-19)34-25(27-21)28-24(31)18-8-11-20(12-9-18)35(32,33)29-14-4-6-17-5-2-3-7-22(17)29/h2-3,5,7-13,15H,4,6,14H2,1H3,(H,26,30)(H,27,28,31). The maximum atomic E-state index is 13.3. The van der Waals surface area contributed by atoms with Crippen LogP contribution in [0.5, 0.6) is 0 Å². The van der Waals surface area contributed by atoms with Crippen LogP contribution in [0.2, 0.25) is 0 Å². The number of fused-ring (bicyclic) bond motifs is 2. The van der Waals surface area contributed by atoms with Gasteiger partial charge in [-0.2, -0.15) is 0 Å². The Labute approximate surface area is 206 Å². The highest BCUT2D eigenvalue weighted by Gasteiger charge is 2.29. The Hall–Kier alpha value is -3.76. The van der Waals surface area contributed by atoms with Crippen molar-refractivity contribution in [1.29, 1.82) is 0 Å². The fraction of sp³-hybridized carbons (Fsp3) is 0.160. The van der Waals surface area contributed by atoms with Gasteiger partial charge in [-0.05, 0) is 66.9 Å². The summed E-state index contributed by atoms with van der Waals surface area (Å²) in [6.45, 7) is 1.85. The molecule has 0 radical (unpaired) electrons. The van der Waals surface area contributed by atoms with Crippen molar-refractivity contribution in [3.05, 3.63) is 77.9 Å². The van der Waals surface area contributed by atoms with E-state index >= 15 is 0 Å². The van der Waals surface area contributed by atoms with Gasteiger partial charge in [0.05, 0.1) is 20.8 Å². The first kappa shape index (κ1) is 23.0. The number of aryl methyl sites for hydroxylation is 1. The average Bonchev–Trinajstić information content (AvgIpc) is 3.24. The van der Waals surface area contributed by atoms with Crippen LogP contribution in [0.3, 0.4) is 0 Å². The summed E-state index contributed by atoms with van der Waals surface area (Å²) in [6.07, 6.45) is 1.60. The van der Waals surface area contributed by atoms with E-state index in [-0.39, 0.29) is 10.8 Å². The number of hydrogen-bond acceptors (Lipinski definition) is 6. The molecule has 178 valence electrons. The van der Waals surface area contributed by atoms with Crippen LogP contribution < -0.4 is 14.9 Å². The molecule has 0 saturated carbocycles. The Morgan fingerprint density at radius 3 is 2.54 bits per heavy atom. The predicted octanol–water partition coefficient (Wildman–Crippen LogP) is 4.65. The highest BCUT2D eigenvalue weighted by Crippen LogP contribution is 2.32. The van der Waals surface area contributed by atoms with Crippen molar-refractivity contribution in [2.24, 2.45) is 0 Å². The number of hydrogen-bond donors (Lipinski definition) is 2. The SMILES string of the molecule is CC(=O)Nc1ccc2nc(NC(=O)c3ccc(S(=O)(=O)N4CCCc5ccccc54)cc3)sc2c1. The van der Waals surface area contributed by atoms with Gasteiger partial charge in [0.15, 0.2) is 5.13 Å². The molecule has 0 fully saturated rings. The van der Waals surface area contributed by atoms with Gasteiger partial charge in [-0.3, -0.25) is 19.2 Å². The summed E-state index contributed by atoms with van der Waals surface area (Å²) in [7, 11) is -3.75. The van der Waals surface area contributed by atoms with Gasteiger partial charge >= 0.3 is 0 Å².